The number of carbonyl (C=O) groups is 4. The Morgan fingerprint density at radius 2 is 0.867 bits per heavy atom. The SMILES string of the molecule is Cc1cc(-c2ncn(/C=C(/C(N)=O)c3c(C)noc3C)n2)cc(C(F)(F)F)c1.Cc1cc(C)cc(-c2ncn(/C=C(/C(N)=O)c3ccc4cn[nH]c4c3)n2)c1.Cc1cc(C)cc(-c2ncn(/C=C(/C(N)=O)c3cccnc3F)n2)c1.Cc1cc(C)cc(-c2ncn(/C=C(/C(N)=O)c3cnc(N)nc3)n2)c1. The second kappa shape index (κ2) is 31.6. The molecule has 0 bridgehead atoms. The second-order valence-corrected chi connectivity index (χ2v) is 24.1. The number of anilines is 1. The van der Waals surface area contributed by atoms with Gasteiger partial charge in [-0.15, -0.1) is 20.4 Å². The number of benzene rings is 5. The minimum atomic E-state index is -4.48. The molecule has 13 aromatic rings. The number of aromatic amines is 1. The van der Waals surface area contributed by atoms with E-state index in [2.05, 4.69) is 88.8 Å². The first-order chi connectivity index (χ1) is 49.9. The second-order valence-electron chi connectivity index (χ2n) is 24.1. The Morgan fingerprint density at radius 1 is 0.467 bits per heavy atom. The Kier molecular flexibility index (Phi) is 22.2. The highest BCUT2D eigenvalue weighted by molar-refractivity contribution is 6.24. The molecule has 13 rings (SSSR count). The summed E-state index contributed by atoms with van der Waals surface area (Å²) < 4.78 is 63.5. The number of amides is 4. The molecule has 0 aliphatic carbocycles. The molecule has 32 heteroatoms. The van der Waals surface area contributed by atoms with E-state index in [1.54, 1.807) is 45.6 Å². The summed E-state index contributed by atoms with van der Waals surface area (Å²) in [6, 6.07) is 30.3. The lowest BCUT2D eigenvalue weighted by Gasteiger charge is -2.09. The molecular weight excluding hydrogens is 1350 g/mol. The van der Waals surface area contributed by atoms with E-state index in [-0.39, 0.29) is 39.6 Å². The van der Waals surface area contributed by atoms with Crippen molar-refractivity contribution >= 4 is 87.6 Å². The van der Waals surface area contributed by atoms with Crippen molar-refractivity contribution in [2.45, 2.75) is 68.5 Å². The first-order valence-electron chi connectivity index (χ1n) is 31.6. The Bertz CT molecular complexity index is 5480. The van der Waals surface area contributed by atoms with Gasteiger partial charge in [0.05, 0.1) is 50.8 Å². The van der Waals surface area contributed by atoms with Gasteiger partial charge in [0, 0.05) is 82.2 Å². The molecule has 0 atom stereocenters. The summed E-state index contributed by atoms with van der Waals surface area (Å²) in [4.78, 5) is 75.6. The molecule has 0 fully saturated rings. The maximum Gasteiger partial charge on any atom is 0.416 e. The number of aryl methyl sites for hydroxylation is 9. The molecule has 0 aliphatic heterocycles. The number of primary amides is 4. The minimum Gasteiger partial charge on any atom is -0.368 e. The summed E-state index contributed by atoms with van der Waals surface area (Å²) in [6.45, 7) is 16.9. The fourth-order valence-corrected chi connectivity index (χ4v) is 10.9. The number of carbonyl (C=O) groups excluding carboxylic acids is 4. The van der Waals surface area contributed by atoms with Gasteiger partial charge in [0.1, 0.15) is 31.1 Å². The predicted molar refractivity (Wildman–Crippen MR) is 386 cm³/mol. The van der Waals surface area contributed by atoms with Crippen LogP contribution in [0.4, 0.5) is 23.5 Å². The normalized spacial score (nSPS) is 11.9. The van der Waals surface area contributed by atoms with Crippen LogP contribution in [0.3, 0.4) is 0 Å². The predicted octanol–water partition coefficient (Wildman–Crippen LogP) is 10.3. The number of nitrogens with one attached hydrogen (secondary N) is 1. The Hall–Kier alpha value is -14.1. The summed E-state index contributed by atoms with van der Waals surface area (Å²) in [5.74, 6) is -1.23. The highest BCUT2D eigenvalue weighted by Crippen LogP contribution is 2.34. The Balaban J connectivity index is 0.000000150. The number of nitrogens with zero attached hydrogens (tertiary/aromatic N) is 17. The van der Waals surface area contributed by atoms with E-state index in [4.69, 9.17) is 33.2 Å². The standard InChI is InChI=1S/C20H18N6O.C18H16F3N5O2.C18H16FN5O.C17H17N7O/c1-12-5-13(2)7-16(6-12)20-22-11-26(25-20)10-17(19(21)27)14-3-4-15-9-23-24-18(15)8-14;1-9-4-12(6-13(5-9)18(19,20)21)17-23-8-26(24-17)7-14(16(22)27)15-10(2)25-28-11(15)3;1-11-6-12(2)8-13(7-11)18-22-10-24(23-18)9-15(17(20)25)14-4-3-5-21-16(14)19;1-10-3-11(2)5-12(4-10)16-22-9-24(23-16)8-14(15(18)25)13-6-20-17(19)21-7-13/h3-11H,1-2H3,(H2,21,27)(H,23,24);4-8H,1-3H3,(H2,22,27);3-10H,1-2H3,(H2,20,25);3-9H,1-2H3,(H2,18,25)(H2,19,20,21)/b17-10+;14-7+;15-9+;14-8+. The molecule has 0 aliphatic rings. The van der Waals surface area contributed by atoms with Gasteiger partial charge >= 0.3 is 6.18 Å². The van der Waals surface area contributed by atoms with E-state index in [1.165, 1.54) is 87.0 Å². The van der Waals surface area contributed by atoms with Crippen LogP contribution in [0.5, 0.6) is 0 Å². The smallest absolute Gasteiger partial charge is 0.368 e. The van der Waals surface area contributed by atoms with Crippen LogP contribution < -0.4 is 28.7 Å². The van der Waals surface area contributed by atoms with Crippen molar-refractivity contribution in [2.75, 3.05) is 5.73 Å². The first-order valence-corrected chi connectivity index (χ1v) is 31.6. The number of pyridine rings is 1. The molecule has 4 amide bonds. The number of hydrogen-bond donors (Lipinski definition) is 6. The maximum atomic E-state index is 13.9. The Labute approximate surface area is 595 Å². The van der Waals surface area contributed by atoms with Gasteiger partial charge in [0.25, 0.3) is 23.6 Å². The van der Waals surface area contributed by atoms with E-state index in [0.29, 0.717) is 56.8 Å². The van der Waals surface area contributed by atoms with Gasteiger partial charge in [0.15, 0.2) is 23.3 Å². The van der Waals surface area contributed by atoms with Crippen LogP contribution in [-0.4, -0.2) is 113 Å². The monoisotopic (exact) mass is 1420 g/mol. The number of H-pyrrole nitrogens is 1. The fraction of sp³-hybridized carbons (Fsp3) is 0.137. The maximum absolute atomic E-state index is 13.9. The zero-order valence-corrected chi connectivity index (χ0v) is 57.8. The van der Waals surface area contributed by atoms with E-state index < -0.39 is 41.3 Å². The quantitative estimate of drug-likeness (QED) is 0.0297. The van der Waals surface area contributed by atoms with Crippen LogP contribution >= 0.6 is 0 Å². The molecule has 0 saturated heterocycles. The average molecular weight is 1420 g/mol. The van der Waals surface area contributed by atoms with Crippen molar-refractivity contribution in [1.29, 1.82) is 0 Å². The molecule has 8 heterocycles. The van der Waals surface area contributed by atoms with Crippen LogP contribution in [0.15, 0.2) is 158 Å². The Morgan fingerprint density at radius 3 is 1.27 bits per heavy atom. The highest BCUT2D eigenvalue weighted by atomic mass is 19.4. The van der Waals surface area contributed by atoms with Gasteiger partial charge in [-0.05, 0) is 146 Å². The third-order valence-corrected chi connectivity index (χ3v) is 15.3. The first kappa shape index (κ1) is 73.6. The molecule has 0 saturated carbocycles. The number of halogens is 4. The molecule has 0 unspecified atom stereocenters. The van der Waals surface area contributed by atoms with Crippen LogP contribution in [0.2, 0.25) is 0 Å². The number of nitrogen functional groups attached to an aromatic ring is 1. The van der Waals surface area contributed by atoms with Gasteiger partial charge in [-0.25, -0.2) is 53.6 Å². The van der Waals surface area contributed by atoms with Crippen molar-refractivity contribution in [2.24, 2.45) is 22.9 Å². The van der Waals surface area contributed by atoms with Gasteiger partial charge in [-0.3, -0.25) is 24.3 Å². The number of alkyl halides is 3. The summed E-state index contributed by atoms with van der Waals surface area (Å²) in [5.41, 5.74) is 40.1. The fourth-order valence-electron chi connectivity index (χ4n) is 10.9. The third kappa shape index (κ3) is 18.7. The van der Waals surface area contributed by atoms with E-state index in [9.17, 15) is 36.7 Å². The number of hydrogen-bond acceptors (Lipinski definition) is 19. The van der Waals surface area contributed by atoms with Crippen molar-refractivity contribution < 1.29 is 41.3 Å². The van der Waals surface area contributed by atoms with Crippen LogP contribution in [0, 0.1) is 68.3 Å². The average Bonchev–Trinajstić information content (AvgIpc) is 1.74. The van der Waals surface area contributed by atoms with E-state index in [1.807, 2.05) is 96.1 Å². The molecule has 8 aromatic heterocycles. The lowest BCUT2D eigenvalue weighted by Crippen LogP contribution is -2.15. The number of fused-ring (bicyclic) bond motifs is 1. The van der Waals surface area contributed by atoms with Crippen molar-refractivity contribution in [3.8, 4) is 45.6 Å². The van der Waals surface area contributed by atoms with Gasteiger partial charge in [-0.1, -0.05) is 68.9 Å². The number of aromatic nitrogens is 18. The molecule has 28 nitrogen and oxygen atoms in total. The van der Waals surface area contributed by atoms with Crippen molar-refractivity contribution in [3.05, 3.63) is 237 Å². The van der Waals surface area contributed by atoms with Gasteiger partial charge in [-0.2, -0.15) is 22.7 Å². The lowest BCUT2D eigenvalue weighted by molar-refractivity contribution is -0.137. The van der Waals surface area contributed by atoms with Crippen LogP contribution in [0.1, 0.15) is 78.2 Å². The zero-order chi connectivity index (χ0) is 75.6. The zero-order valence-electron chi connectivity index (χ0n) is 57.8. The molecule has 105 heavy (non-hydrogen) atoms. The van der Waals surface area contributed by atoms with E-state index in [0.717, 1.165) is 73.1 Å². The third-order valence-electron chi connectivity index (χ3n) is 15.3. The minimum absolute atomic E-state index is 0.0125. The van der Waals surface area contributed by atoms with E-state index >= 15 is 0 Å². The summed E-state index contributed by atoms with van der Waals surface area (Å²) >= 11 is 0. The molecule has 11 N–H and O–H groups in total. The summed E-state index contributed by atoms with van der Waals surface area (Å²) in [5, 5.41) is 28.9. The molecule has 0 spiro atoms. The number of rotatable bonds is 16. The molecule has 532 valence electrons. The van der Waals surface area contributed by atoms with Crippen LogP contribution in [-0.2, 0) is 25.4 Å². The van der Waals surface area contributed by atoms with Gasteiger partial charge < -0.3 is 33.2 Å². The van der Waals surface area contributed by atoms with Crippen molar-refractivity contribution in [1.82, 2.24) is 89.4 Å². The largest absolute Gasteiger partial charge is 0.416 e. The molecule has 0 radical (unpaired) electrons. The van der Waals surface area contributed by atoms with Gasteiger partial charge in [0.2, 0.25) is 11.9 Å². The number of nitrogens with two attached hydrogens (primary N) is 5. The highest BCUT2D eigenvalue weighted by Gasteiger charge is 2.31. The molecular formula is C73H67F4N23O5. The lowest BCUT2D eigenvalue weighted by atomic mass is 10.1. The van der Waals surface area contributed by atoms with Crippen molar-refractivity contribution in [3.63, 3.8) is 0 Å². The summed E-state index contributed by atoms with van der Waals surface area (Å²) in [7, 11) is 0. The molecule has 5 aromatic carbocycles. The summed E-state index contributed by atoms with van der Waals surface area (Å²) in [6.07, 6.45) is 12.9. The topological polar surface area (TPSA) is 415 Å². The van der Waals surface area contributed by atoms with Crippen LogP contribution in [0.25, 0.3) is 104 Å².